The maximum Gasteiger partial charge on any atom is 0.105 e. The maximum atomic E-state index is 10.1. The van der Waals surface area contributed by atoms with E-state index in [9.17, 15) is 5.11 Å². The largest absolute Gasteiger partial charge is 0.384 e. The second-order valence-electron chi connectivity index (χ2n) is 3.63. The van der Waals surface area contributed by atoms with Crippen LogP contribution >= 0.6 is 11.3 Å². The van der Waals surface area contributed by atoms with Crippen LogP contribution in [0, 0.1) is 18.3 Å². The van der Waals surface area contributed by atoms with Crippen molar-refractivity contribution in [2.24, 2.45) is 0 Å². The summed E-state index contributed by atoms with van der Waals surface area (Å²) in [5.41, 5.74) is 2.22. The Balaban J connectivity index is 2.34. The quantitative estimate of drug-likeness (QED) is 0.860. The van der Waals surface area contributed by atoms with Gasteiger partial charge in [0.2, 0.25) is 0 Å². The smallest absolute Gasteiger partial charge is 0.105 e. The van der Waals surface area contributed by atoms with Crippen LogP contribution in [0.1, 0.15) is 27.7 Å². The molecular formula is C13H11NOS. The summed E-state index contributed by atoms with van der Waals surface area (Å²) in [5.74, 6) is 0. The van der Waals surface area contributed by atoms with E-state index >= 15 is 0 Å². The summed E-state index contributed by atoms with van der Waals surface area (Å²) in [6.45, 7) is 2.01. The third-order valence-corrected chi connectivity index (χ3v) is 3.28. The van der Waals surface area contributed by atoms with Gasteiger partial charge in [0.1, 0.15) is 6.10 Å². The minimum absolute atomic E-state index is 0.573. The number of hydrogen-bond donors (Lipinski definition) is 1. The molecule has 3 heteroatoms. The van der Waals surface area contributed by atoms with Crippen molar-refractivity contribution in [3.8, 4) is 6.07 Å². The summed E-state index contributed by atoms with van der Waals surface area (Å²) >= 11 is 1.61. The first-order valence-corrected chi connectivity index (χ1v) is 5.82. The SMILES string of the molecule is Cc1cc(C(O)c2cccc(C#N)c2)cs1. The molecular weight excluding hydrogens is 218 g/mol. The fourth-order valence-corrected chi connectivity index (χ4v) is 2.30. The highest BCUT2D eigenvalue weighted by Crippen LogP contribution is 2.26. The molecule has 1 unspecified atom stereocenters. The molecule has 0 fully saturated rings. The number of aliphatic hydroxyl groups excluding tert-OH is 1. The first-order valence-electron chi connectivity index (χ1n) is 4.94. The lowest BCUT2D eigenvalue weighted by Gasteiger charge is -2.09. The minimum atomic E-state index is -0.641. The van der Waals surface area contributed by atoms with Crippen LogP contribution in [0.4, 0.5) is 0 Å². The van der Waals surface area contributed by atoms with Gasteiger partial charge in [-0.3, -0.25) is 0 Å². The summed E-state index contributed by atoms with van der Waals surface area (Å²) < 4.78 is 0. The van der Waals surface area contributed by atoms with Crippen molar-refractivity contribution in [2.75, 3.05) is 0 Å². The highest BCUT2D eigenvalue weighted by Gasteiger charge is 2.11. The number of benzene rings is 1. The molecule has 1 heterocycles. The van der Waals surface area contributed by atoms with Gasteiger partial charge in [-0.25, -0.2) is 0 Å². The highest BCUT2D eigenvalue weighted by molar-refractivity contribution is 7.10. The Kier molecular flexibility index (Phi) is 3.04. The van der Waals surface area contributed by atoms with Crippen LogP contribution in [-0.2, 0) is 0 Å². The maximum absolute atomic E-state index is 10.1. The van der Waals surface area contributed by atoms with Gasteiger partial charge in [-0.2, -0.15) is 5.26 Å². The molecule has 0 amide bonds. The summed E-state index contributed by atoms with van der Waals surface area (Å²) in [5, 5.41) is 20.9. The summed E-state index contributed by atoms with van der Waals surface area (Å²) in [4.78, 5) is 1.17. The van der Waals surface area contributed by atoms with E-state index in [4.69, 9.17) is 5.26 Å². The molecule has 0 spiro atoms. The van der Waals surface area contributed by atoms with Gasteiger partial charge in [0.15, 0.2) is 0 Å². The number of aliphatic hydroxyl groups is 1. The van der Waals surface area contributed by atoms with Crippen molar-refractivity contribution in [1.29, 1.82) is 5.26 Å². The molecule has 0 saturated heterocycles. The number of thiophene rings is 1. The van der Waals surface area contributed by atoms with Gasteiger partial charge in [0.05, 0.1) is 11.6 Å². The first kappa shape index (κ1) is 10.9. The number of rotatable bonds is 2. The second-order valence-corrected chi connectivity index (χ2v) is 4.75. The predicted molar refractivity (Wildman–Crippen MR) is 64.3 cm³/mol. The number of nitriles is 1. The van der Waals surface area contributed by atoms with Crippen LogP contribution in [0.15, 0.2) is 35.7 Å². The summed E-state index contributed by atoms with van der Waals surface area (Å²) in [6, 6.07) is 11.1. The third-order valence-electron chi connectivity index (χ3n) is 2.40. The van der Waals surface area contributed by atoms with Crippen LogP contribution in [0.3, 0.4) is 0 Å². The zero-order valence-electron chi connectivity index (χ0n) is 8.84. The molecule has 0 saturated carbocycles. The molecule has 0 radical (unpaired) electrons. The molecule has 2 nitrogen and oxygen atoms in total. The topological polar surface area (TPSA) is 44.0 Å². The number of nitrogens with zero attached hydrogens (tertiary/aromatic N) is 1. The van der Waals surface area contributed by atoms with E-state index in [1.165, 1.54) is 4.88 Å². The molecule has 1 aromatic heterocycles. The Hall–Kier alpha value is -1.63. The second kappa shape index (κ2) is 4.48. The van der Waals surface area contributed by atoms with E-state index in [2.05, 4.69) is 6.07 Å². The average Bonchev–Trinajstić information content (AvgIpc) is 2.75. The molecule has 0 bridgehead atoms. The van der Waals surface area contributed by atoms with Gasteiger partial charge in [0.25, 0.3) is 0 Å². The van der Waals surface area contributed by atoms with Crippen LogP contribution in [0.2, 0.25) is 0 Å². The van der Waals surface area contributed by atoms with Crippen LogP contribution in [0.5, 0.6) is 0 Å². The van der Waals surface area contributed by atoms with Gasteiger partial charge >= 0.3 is 0 Å². The van der Waals surface area contributed by atoms with Gasteiger partial charge in [-0.15, -0.1) is 11.3 Å². The molecule has 1 aromatic carbocycles. The minimum Gasteiger partial charge on any atom is -0.384 e. The van der Waals surface area contributed by atoms with Crippen molar-refractivity contribution < 1.29 is 5.11 Å². The van der Waals surface area contributed by atoms with Crippen molar-refractivity contribution in [3.63, 3.8) is 0 Å². The zero-order chi connectivity index (χ0) is 11.5. The lowest BCUT2D eigenvalue weighted by atomic mass is 10.0. The summed E-state index contributed by atoms with van der Waals surface area (Å²) in [7, 11) is 0. The first-order chi connectivity index (χ1) is 7.70. The molecule has 2 aromatic rings. The van der Waals surface area contributed by atoms with Crippen LogP contribution in [0.25, 0.3) is 0 Å². The fourth-order valence-electron chi connectivity index (χ4n) is 1.58. The van der Waals surface area contributed by atoms with E-state index in [0.29, 0.717) is 5.56 Å². The molecule has 0 aliphatic heterocycles. The molecule has 0 aliphatic rings. The molecule has 16 heavy (non-hydrogen) atoms. The van der Waals surface area contributed by atoms with Crippen molar-refractivity contribution in [3.05, 3.63) is 57.3 Å². The Morgan fingerprint density at radius 2 is 2.12 bits per heavy atom. The Morgan fingerprint density at radius 1 is 1.31 bits per heavy atom. The van der Waals surface area contributed by atoms with E-state index in [0.717, 1.165) is 11.1 Å². The van der Waals surface area contributed by atoms with E-state index < -0.39 is 6.10 Å². The Labute approximate surface area is 98.4 Å². The van der Waals surface area contributed by atoms with E-state index in [1.54, 1.807) is 29.5 Å². The van der Waals surface area contributed by atoms with Gasteiger partial charge in [-0.05, 0) is 41.6 Å². The Morgan fingerprint density at radius 3 is 2.75 bits per heavy atom. The van der Waals surface area contributed by atoms with Crippen LogP contribution in [-0.4, -0.2) is 5.11 Å². The Bertz CT molecular complexity index is 539. The average molecular weight is 229 g/mol. The van der Waals surface area contributed by atoms with Gasteiger partial charge in [0, 0.05) is 4.88 Å². The van der Waals surface area contributed by atoms with Crippen molar-refractivity contribution in [2.45, 2.75) is 13.0 Å². The normalized spacial score (nSPS) is 12.1. The van der Waals surface area contributed by atoms with Crippen molar-refractivity contribution in [1.82, 2.24) is 0 Å². The molecule has 2 rings (SSSR count). The van der Waals surface area contributed by atoms with Gasteiger partial charge in [-0.1, -0.05) is 12.1 Å². The summed E-state index contributed by atoms with van der Waals surface area (Å²) in [6.07, 6.45) is -0.641. The molecule has 1 N–H and O–H groups in total. The van der Waals surface area contributed by atoms with Crippen molar-refractivity contribution >= 4 is 11.3 Å². The highest BCUT2D eigenvalue weighted by atomic mass is 32.1. The monoisotopic (exact) mass is 229 g/mol. The standard InChI is InChI=1S/C13H11NOS/c1-9-5-12(8-16-9)13(15)11-4-2-3-10(6-11)7-14/h2-6,8,13,15H,1H3. The molecule has 80 valence electrons. The fraction of sp³-hybridized carbons (Fsp3) is 0.154. The van der Waals surface area contributed by atoms with E-state index in [1.807, 2.05) is 24.4 Å². The van der Waals surface area contributed by atoms with Gasteiger partial charge < -0.3 is 5.11 Å². The zero-order valence-corrected chi connectivity index (χ0v) is 9.66. The number of aryl methyl sites for hydroxylation is 1. The van der Waals surface area contributed by atoms with Crippen LogP contribution < -0.4 is 0 Å². The lowest BCUT2D eigenvalue weighted by Crippen LogP contribution is -1.98. The third kappa shape index (κ3) is 2.13. The molecule has 1 atom stereocenters. The number of hydrogen-bond acceptors (Lipinski definition) is 3. The predicted octanol–water partition coefficient (Wildman–Crippen LogP) is 3.01. The lowest BCUT2D eigenvalue weighted by molar-refractivity contribution is 0.221. The van der Waals surface area contributed by atoms with E-state index in [-0.39, 0.29) is 0 Å². The molecule has 0 aliphatic carbocycles.